The van der Waals surface area contributed by atoms with E-state index in [1.807, 2.05) is 0 Å². The standard InChI is InChI=1S/C15H13F4N/c1-15(20,10-4-12(17)6-13(18)5-10)8-9-2-3-11(16)7-14(9)19/h2-7H,8,20H2,1H3. The maximum absolute atomic E-state index is 13.6. The third-order valence-corrected chi connectivity index (χ3v) is 3.09. The highest BCUT2D eigenvalue weighted by Gasteiger charge is 2.24. The first kappa shape index (κ1) is 14.5. The van der Waals surface area contributed by atoms with Crippen LogP contribution in [0.2, 0.25) is 0 Å². The van der Waals surface area contributed by atoms with Crippen LogP contribution in [0.15, 0.2) is 36.4 Å². The highest BCUT2D eigenvalue weighted by atomic mass is 19.1. The Kier molecular flexibility index (Phi) is 3.81. The van der Waals surface area contributed by atoms with Crippen molar-refractivity contribution in [3.8, 4) is 0 Å². The molecule has 0 saturated carbocycles. The van der Waals surface area contributed by atoms with E-state index in [2.05, 4.69) is 0 Å². The molecule has 0 aliphatic rings. The molecule has 0 heterocycles. The molecule has 1 unspecified atom stereocenters. The number of hydrogen-bond acceptors (Lipinski definition) is 1. The van der Waals surface area contributed by atoms with Crippen LogP contribution in [0.4, 0.5) is 17.6 Å². The van der Waals surface area contributed by atoms with E-state index >= 15 is 0 Å². The molecule has 0 fully saturated rings. The Morgan fingerprint density at radius 2 is 1.50 bits per heavy atom. The van der Waals surface area contributed by atoms with Crippen molar-refractivity contribution in [2.24, 2.45) is 5.73 Å². The van der Waals surface area contributed by atoms with Gasteiger partial charge in [-0.05, 0) is 42.7 Å². The van der Waals surface area contributed by atoms with Crippen molar-refractivity contribution in [2.75, 3.05) is 0 Å². The number of nitrogens with two attached hydrogens (primary N) is 1. The Hall–Kier alpha value is -1.88. The molecular weight excluding hydrogens is 270 g/mol. The van der Waals surface area contributed by atoms with Crippen LogP contribution in [0.5, 0.6) is 0 Å². The third kappa shape index (κ3) is 3.17. The summed E-state index contributed by atoms with van der Waals surface area (Å²) in [5.41, 5.74) is 5.23. The van der Waals surface area contributed by atoms with E-state index in [0.29, 0.717) is 0 Å². The average molecular weight is 283 g/mol. The largest absolute Gasteiger partial charge is 0.321 e. The lowest BCUT2D eigenvalue weighted by atomic mass is 9.86. The summed E-state index contributed by atoms with van der Waals surface area (Å²) in [6.45, 7) is 1.53. The van der Waals surface area contributed by atoms with Crippen LogP contribution in [-0.4, -0.2) is 0 Å². The fraction of sp³-hybridized carbons (Fsp3) is 0.200. The van der Waals surface area contributed by atoms with Gasteiger partial charge in [0.15, 0.2) is 0 Å². The Labute approximate surface area is 114 Å². The zero-order valence-electron chi connectivity index (χ0n) is 10.8. The van der Waals surface area contributed by atoms with Gasteiger partial charge in [0.1, 0.15) is 23.3 Å². The molecule has 2 rings (SSSR count). The van der Waals surface area contributed by atoms with E-state index in [4.69, 9.17) is 5.73 Å². The lowest BCUT2D eigenvalue weighted by Crippen LogP contribution is -2.36. The molecule has 0 aromatic heterocycles. The van der Waals surface area contributed by atoms with Gasteiger partial charge in [-0.15, -0.1) is 0 Å². The van der Waals surface area contributed by atoms with Crippen LogP contribution >= 0.6 is 0 Å². The van der Waals surface area contributed by atoms with Crippen LogP contribution in [0.1, 0.15) is 18.1 Å². The SMILES string of the molecule is CC(N)(Cc1ccc(F)cc1F)c1cc(F)cc(F)c1. The highest BCUT2D eigenvalue weighted by Crippen LogP contribution is 2.25. The number of hydrogen-bond donors (Lipinski definition) is 1. The minimum atomic E-state index is -1.18. The molecule has 1 nitrogen and oxygen atoms in total. The van der Waals surface area contributed by atoms with Gasteiger partial charge in [-0.3, -0.25) is 0 Å². The zero-order valence-corrected chi connectivity index (χ0v) is 10.8. The number of halogens is 4. The lowest BCUT2D eigenvalue weighted by molar-refractivity contribution is 0.463. The molecule has 0 saturated heterocycles. The van der Waals surface area contributed by atoms with E-state index < -0.39 is 28.8 Å². The van der Waals surface area contributed by atoms with Crippen LogP contribution in [0, 0.1) is 23.3 Å². The minimum absolute atomic E-state index is 0.0119. The minimum Gasteiger partial charge on any atom is -0.321 e. The summed E-state index contributed by atoms with van der Waals surface area (Å²) in [6.07, 6.45) is -0.0119. The first-order chi connectivity index (χ1) is 9.28. The number of rotatable bonds is 3. The molecule has 1 atom stereocenters. The van der Waals surface area contributed by atoms with Crippen LogP contribution in [-0.2, 0) is 12.0 Å². The van der Waals surface area contributed by atoms with E-state index in [1.165, 1.54) is 13.0 Å². The molecule has 0 spiro atoms. The zero-order chi connectivity index (χ0) is 14.9. The van der Waals surface area contributed by atoms with E-state index in [-0.39, 0.29) is 17.5 Å². The summed E-state index contributed by atoms with van der Waals surface area (Å²) in [6, 6.07) is 6.07. The van der Waals surface area contributed by atoms with Crippen LogP contribution in [0.3, 0.4) is 0 Å². The molecule has 106 valence electrons. The molecule has 0 bridgehead atoms. The topological polar surface area (TPSA) is 26.0 Å². The molecule has 2 N–H and O–H groups in total. The van der Waals surface area contributed by atoms with E-state index in [9.17, 15) is 17.6 Å². The van der Waals surface area contributed by atoms with Crippen molar-refractivity contribution in [3.05, 3.63) is 70.8 Å². The summed E-state index contributed by atoms with van der Waals surface area (Å²) in [4.78, 5) is 0. The first-order valence-corrected chi connectivity index (χ1v) is 5.97. The van der Waals surface area contributed by atoms with Gasteiger partial charge in [-0.1, -0.05) is 6.07 Å². The predicted molar refractivity (Wildman–Crippen MR) is 68.0 cm³/mol. The Bertz CT molecular complexity index is 618. The second kappa shape index (κ2) is 5.25. The molecule has 5 heteroatoms. The Balaban J connectivity index is 2.34. The van der Waals surface area contributed by atoms with Gasteiger partial charge >= 0.3 is 0 Å². The molecule has 2 aromatic rings. The normalized spacial score (nSPS) is 14.1. The second-order valence-corrected chi connectivity index (χ2v) is 4.99. The summed E-state index contributed by atoms with van der Waals surface area (Å²) < 4.78 is 52.9. The third-order valence-electron chi connectivity index (χ3n) is 3.09. The van der Waals surface area contributed by atoms with Crippen molar-refractivity contribution >= 4 is 0 Å². The Morgan fingerprint density at radius 1 is 0.900 bits per heavy atom. The fourth-order valence-corrected chi connectivity index (χ4v) is 2.05. The van der Waals surface area contributed by atoms with E-state index in [0.717, 1.165) is 30.3 Å². The van der Waals surface area contributed by atoms with Crippen molar-refractivity contribution in [1.29, 1.82) is 0 Å². The monoisotopic (exact) mass is 283 g/mol. The molecule has 0 radical (unpaired) electrons. The highest BCUT2D eigenvalue weighted by molar-refractivity contribution is 5.29. The summed E-state index contributed by atoms with van der Waals surface area (Å²) in [5, 5.41) is 0. The van der Waals surface area contributed by atoms with Gasteiger partial charge < -0.3 is 5.73 Å². The van der Waals surface area contributed by atoms with Gasteiger partial charge in [-0.25, -0.2) is 17.6 Å². The molecule has 0 amide bonds. The van der Waals surface area contributed by atoms with Crippen molar-refractivity contribution in [2.45, 2.75) is 18.9 Å². The average Bonchev–Trinajstić information content (AvgIpc) is 2.31. The van der Waals surface area contributed by atoms with Crippen LogP contribution < -0.4 is 5.73 Å². The van der Waals surface area contributed by atoms with Gasteiger partial charge in [0.2, 0.25) is 0 Å². The van der Waals surface area contributed by atoms with Crippen molar-refractivity contribution < 1.29 is 17.6 Å². The molecule has 20 heavy (non-hydrogen) atoms. The summed E-state index contributed by atoms with van der Waals surface area (Å²) in [7, 11) is 0. The molecule has 0 aliphatic heterocycles. The van der Waals surface area contributed by atoms with Crippen molar-refractivity contribution in [1.82, 2.24) is 0 Å². The molecular formula is C15H13F4N. The molecule has 2 aromatic carbocycles. The fourth-order valence-electron chi connectivity index (χ4n) is 2.05. The maximum Gasteiger partial charge on any atom is 0.129 e. The van der Waals surface area contributed by atoms with Gasteiger partial charge in [0.25, 0.3) is 0 Å². The van der Waals surface area contributed by atoms with Gasteiger partial charge in [-0.2, -0.15) is 0 Å². The maximum atomic E-state index is 13.6. The van der Waals surface area contributed by atoms with Crippen LogP contribution in [0.25, 0.3) is 0 Å². The first-order valence-electron chi connectivity index (χ1n) is 5.97. The summed E-state index contributed by atoms with van der Waals surface area (Å²) >= 11 is 0. The van der Waals surface area contributed by atoms with Gasteiger partial charge in [0, 0.05) is 17.7 Å². The lowest BCUT2D eigenvalue weighted by Gasteiger charge is -2.26. The van der Waals surface area contributed by atoms with Gasteiger partial charge in [0.05, 0.1) is 0 Å². The smallest absolute Gasteiger partial charge is 0.129 e. The van der Waals surface area contributed by atoms with E-state index in [1.54, 1.807) is 0 Å². The molecule has 0 aliphatic carbocycles. The van der Waals surface area contributed by atoms with Crippen molar-refractivity contribution in [3.63, 3.8) is 0 Å². The predicted octanol–water partition coefficient (Wildman–Crippen LogP) is 3.66. The second-order valence-electron chi connectivity index (χ2n) is 4.99. The quantitative estimate of drug-likeness (QED) is 0.855. The Morgan fingerprint density at radius 3 is 2.05 bits per heavy atom. The number of benzene rings is 2. The summed E-state index contributed by atoms with van der Waals surface area (Å²) in [5.74, 6) is -2.94.